The van der Waals surface area contributed by atoms with Crippen LogP contribution in [0.4, 0.5) is 5.69 Å². The zero-order valence-corrected chi connectivity index (χ0v) is 16.1. The van der Waals surface area contributed by atoms with Gasteiger partial charge < -0.3 is 5.32 Å². The van der Waals surface area contributed by atoms with Crippen molar-refractivity contribution in [3.05, 3.63) is 59.0 Å². The number of nitrogens with zero attached hydrogens (tertiary/aromatic N) is 6. The molecule has 0 bridgehead atoms. The van der Waals surface area contributed by atoms with Crippen molar-refractivity contribution < 1.29 is 4.79 Å². The van der Waals surface area contributed by atoms with Gasteiger partial charge in [-0.3, -0.25) is 13.9 Å². The maximum atomic E-state index is 12.4. The van der Waals surface area contributed by atoms with Crippen molar-refractivity contribution in [1.82, 2.24) is 29.3 Å². The Balaban J connectivity index is 1.46. The van der Waals surface area contributed by atoms with Crippen molar-refractivity contribution in [3.8, 4) is 5.69 Å². The van der Waals surface area contributed by atoms with E-state index >= 15 is 0 Å². The van der Waals surface area contributed by atoms with Crippen molar-refractivity contribution in [3.63, 3.8) is 0 Å². The predicted molar refractivity (Wildman–Crippen MR) is 107 cm³/mol. The van der Waals surface area contributed by atoms with Crippen LogP contribution >= 0.6 is 11.8 Å². The molecule has 1 N–H and O–H groups in total. The summed E-state index contributed by atoms with van der Waals surface area (Å²) in [6.45, 7) is 0. The van der Waals surface area contributed by atoms with Crippen LogP contribution in [0, 0.1) is 0 Å². The van der Waals surface area contributed by atoms with E-state index in [1.165, 1.54) is 11.8 Å². The second-order valence-electron chi connectivity index (χ2n) is 6.15. The quantitative estimate of drug-likeness (QED) is 0.515. The Bertz CT molecular complexity index is 1210. The Morgan fingerprint density at radius 2 is 1.82 bits per heavy atom. The molecule has 0 fully saturated rings. The van der Waals surface area contributed by atoms with E-state index in [0.29, 0.717) is 10.8 Å². The summed E-state index contributed by atoms with van der Waals surface area (Å²) in [6.07, 6.45) is 0. The number of tetrazole rings is 1. The molecule has 0 radical (unpaired) electrons. The number of rotatable bonds is 5. The molecule has 2 heterocycles. The van der Waals surface area contributed by atoms with Crippen LogP contribution in [0.5, 0.6) is 0 Å². The number of benzene rings is 2. The highest BCUT2D eigenvalue weighted by molar-refractivity contribution is 7.99. The lowest BCUT2D eigenvalue weighted by Gasteiger charge is -2.06. The van der Waals surface area contributed by atoms with Crippen LogP contribution in [-0.4, -0.2) is 41.0 Å². The monoisotopic (exact) mass is 395 g/mol. The highest BCUT2D eigenvalue weighted by atomic mass is 32.2. The minimum Gasteiger partial charge on any atom is -0.325 e. The summed E-state index contributed by atoms with van der Waals surface area (Å²) in [7, 11) is 3.42. The van der Waals surface area contributed by atoms with Crippen molar-refractivity contribution in [2.45, 2.75) is 5.16 Å². The molecule has 0 aliphatic carbocycles. The fraction of sp³-hybridized carbons (Fsp3) is 0.167. The Labute approximate surface area is 164 Å². The first-order chi connectivity index (χ1) is 13.5. The smallest absolute Gasteiger partial charge is 0.325 e. The first-order valence-corrected chi connectivity index (χ1v) is 9.45. The summed E-state index contributed by atoms with van der Waals surface area (Å²) in [5.74, 6) is -0.0354. The van der Waals surface area contributed by atoms with Gasteiger partial charge in [0, 0.05) is 19.8 Å². The van der Waals surface area contributed by atoms with E-state index in [2.05, 4.69) is 20.8 Å². The van der Waals surface area contributed by atoms with E-state index in [4.69, 9.17) is 0 Å². The van der Waals surface area contributed by atoms with Crippen molar-refractivity contribution in [2.75, 3.05) is 11.1 Å². The molecule has 4 rings (SSSR count). The second kappa shape index (κ2) is 7.31. The lowest BCUT2D eigenvalue weighted by atomic mass is 10.2. The molecule has 4 aromatic rings. The molecule has 9 nitrogen and oxygen atoms in total. The number of nitrogens with one attached hydrogen (secondary N) is 1. The number of aryl methyl sites for hydroxylation is 2. The van der Waals surface area contributed by atoms with Gasteiger partial charge >= 0.3 is 5.69 Å². The third-order valence-corrected chi connectivity index (χ3v) is 5.25. The van der Waals surface area contributed by atoms with Crippen LogP contribution in [0.15, 0.2) is 58.5 Å². The van der Waals surface area contributed by atoms with Crippen LogP contribution < -0.4 is 11.0 Å². The molecule has 2 aromatic heterocycles. The lowest BCUT2D eigenvalue weighted by molar-refractivity contribution is -0.113. The summed E-state index contributed by atoms with van der Waals surface area (Å²) in [6, 6.07) is 14.9. The third-order valence-electron chi connectivity index (χ3n) is 4.33. The molecule has 0 spiro atoms. The van der Waals surface area contributed by atoms with Crippen molar-refractivity contribution in [1.29, 1.82) is 0 Å². The Kier molecular flexibility index (Phi) is 4.70. The molecule has 10 heteroatoms. The first-order valence-electron chi connectivity index (χ1n) is 8.46. The minimum absolute atomic E-state index is 0.109. The molecule has 0 atom stereocenters. The maximum absolute atomic E-state index is 12.4. The number of amides is 1. The fourth-order valence-corrected chi connectivity index (χ4v) is 3.60. The van der Waals surface area contributed by atoms with Gasteiger partial charge in [-0.1, -0.05) is 30.0 Å². The Morgan fingerprint density at radius 3 is 2.61 bits per heavy atom. The molecule has 0 unspecified atom stereocenters. The van der Waals surface area contributed by atoms with Gasteiger partial charge in [0.25, 0.3) is 0 Å². The van der Waals surface area contributed by atoms with Crippen LogP contribution in [0.25, 0.3) is 16.7 Å². The number of carbonyl (C=O) groups excluding carboxylic acids is 1. The van der Waals surface area contributed by atoms with Gasteiger partial charge in [0.2, 0.25) is 11.1 Å². The van der Waals surface area contributed by atoms with Gasteiger partial charge in [0.1, 0.15) is 0 Å². The predicted octanol–water partition coefficient (Wildman–Crippen LogP) is 1.58. The lowest BCUT2D eigenvalue weighted by Crippen LogP contribution is -2.19. The number of hydrogen-bond donors (Lipinski definition) is 1. The maximum Gasteiger partial charge on any atom is 0.328 e. The average Bonchev–Trinajstić information content (AvgIpc) is 3.27. The third kappa shape index (κ3) is 3.29. The molecule has 142 valence electrons. The summed E-state index contributed by atoms with van der Waals surface area (Å²) in [5, 5.41) is 15.0. The Hall–Kier alpha value is -3.40. The number of fused-ring (bicyclic) bond motifs is 1. The molecule has 0 saturated carbocycles. The Morgan fingerprint density at radius 1 is 1.07 bits per heavy atom. The SMILES string of the molecule is Cn1c(=O)n(C)c2cc(NC(=O)CSc3nnnn3-c3ccccc3)ccc21. The van der Waals surface area contributed by atoms with Crippen LogP contribution in [0.2, 0.25) is 0 Å². The molecule has 0 aliphatic rings. The molecule has 1 amide bonds. The topological polar surface area (TPSA) is 99.6 Å². The van der Waals surface area contributed by atoms with Crippen molar-refractivity contribution in [2.24, 2.45) is 14.1 Å². The highest BCUT2D eigenvalue weighted by Crippen LogP contribution is 2.20. The highest BCUT2D eigenvalue weighted by Gasteiger charge is 2.13. The molecule has 28 heavy (non-hydrogen) atoms. The van der Waals surface area contributed by atoms with Crippen LogP contribution in [0.3, 0.4) is 0 Å². The van der Waals surface area contributed by atoms with E-state index in [0.717, 1.165) is 16.7 Å². The van der Waals surface area contributed by atoms with Gasteiger partial charge in [-0.05, 0) is 40.8 Å². The summed E-state index contributed by atoms with van der Waals surface area (Å²) < 4.78 is 4.71. The van der Waals surface area contributed by atoms with Gasteiger partial charge in [-0.15, -0.1) is 5.10 Å². The average molecular weight is 395 g/mol. The van der Waals surface area contributed by atoms with E-state index in [1.54, 1.807) is 40.0 Å². The zero-order valence-electron chi connectivity index (χ0n) is 15.2. The molecular weight excluding hydrogens is 378 g/mol. The van der Waals surface area contributed by atoms with E-state index < -0.39 is 0 Å². The van der Waals surface area contributed by atoms with Gasteiger partial charge in [0.15, 0.2) is 0 Å². The summed E-state index contributed by atoms with van der Waals surface area (Å²) in [5.41, 5.74) is 2.91. The molecular formula is C18H17N7O2S. The largest absolute Gasteiger partial charge is 0.328 e. The van der Waals surface area contributed by atoms with Crippen LogP contribution in [0.1, 0.15) is 0 Å². The van der Waals surface area contributed by atoms with E-state index in [-0.39, 0.29) is 17.3 Å². The summed E-state index contributed by atoms with van der Waals surface area (Å²) in [4.78, 5) is 24.4. The van der Waals surface area contributed by atoms with Gasteiger partial charge in [-0.25, -0.2) is 4.79 Å². The molecule has 0 aliphatic heterocycles. The number of thioether (sulfide) groups is 1. The molecule has 0 saturated heterocycles. The number of hydrogen-bond acceptors (Lipinski definition) is 6. The number of anilines is 1. The summed E-state index contributed by atoms with van der Waals surface area (Å²) >= 11 is 1.24. The molecule has 2 aromatic carbocycles. The second-order valence-corrected chi connectivity index (χ2v) is 7.09. The normalized spacial score (nSPS) is 11.1. The fourth-order valence-electron chi connectivity index (χ4n) is 2.91. The standard InChI is InChI=1S/C18H17N7O2S/c1-23-14-9-8-12(10-15(14)24(2)18(23)27)19-16(26)11-28-17-20-21-22-25(17)13-6-4-3-5-7-13/h3-10H,11H2,1-2H3,(H,19,26). The van der Waals surface area contributed by atoms with Gasteiger partial charge in [0.05, 0.1) is 22.5 Å². The number of imidazole rings is 1. The first kappa shape index (κ1) is 18.0. The van der Waals surface area contributed by atoms with E-state index in [9.17, 15) is 9.59 Å². The number of para-hydroxylation sites is 1. The van der Waals surface area contributed by atoms with Gasteiger partial charge in [-0.2, -0.15) is 4.68 Å². The van der Waals surface area contributed by atoms with Crippen LogP contribution in [-0.2, 0) is 18.9 Å². The minimum atomic E-state index is -0.187. The number of aromatic nitrogens is 6. The van der Waals surface area contributed by atoms with E-state index in [1.807, 2.05) is 36.4 Å². The number of carbonyl (C=O) groups is 1. The van der Waals surface area contributed by atoms with Crippen molar-refractivity contribution >= 4 is 34.4 Å². The zero-order chi connectivity index (χ0) is 19.7.